The van der Waals surface area contributed by atoms with Gasteiger partial charge >= 0.3 is 0 Å². The molecule has 1 saturated heterocycles. The fraction of sp³-hybridized carbons (Fsp3) is 0.923. The SMILES string of the molecule is NC1=NCC2CN(CC3CCCCC3)CCN12. The Morgan fingerprint density at radius 3 is 2.82 bits per heavy atom. The van der Waals surface area contributed by atoms with Crippen molar-refractivity contribution in [3.05, 3.63) is 0 Å². The normalized spacial score (nSPS) is 31.4. The molecular weight excluding hydrogens is 212 g/mol. The molecule has 3 aliphatic rings. The van der Waals surface area contributed by atoms with Crippen LogP contribution in [0.3, 0.4) is 0 Å². The van der Waals surface area contributed by atoms with Crippen molar-refractivity contribution in [3.8, 4) is 0 Å². The Morgan fingerprint density at radius 2 is 2.00 bits per heavy atom. The molecule has 0 spiro atoms. The maximum absolute atomic E-state index is 5.88. The second-order valence-electron chi connectivity index (χ2n) is 5.81. The number of hydrogen-bond acceptors (Lipinski definition) is 4. The fourth-order valence-electron chi connectivity index (χ4n) is 3.57. The maximum atomic E-state index is 5.88. The van der Waals surface area contributed by atoms with Gasteiger partial charge in [0.25, 0.3) is 0 Å². The van der Waals surface area contributed by atoms with E-state index in [4.69, 9.17) is 5.73 Å². The number of nitrogens with zero attached hydrogens (tertiary/aromatic N) is 3. The molecule has 0 bridgehead atoms. The van der Waals surface area contributed by atoms with Gasteiger partial charge in [-0.3, -0.25) is 9.89 Å². The lowest BCUT2D eigenvalue weighted by atomic mass is 9.88. The van der Waals surface area contributed by atoms with Gasteiger partial charge in [0.1, 0.15) is 0 Å². The fourth-order valence-corrected chi connectivity index (χ4v) is 3.57. The van der Waals surface area contributed by atoms with E-state index in [0.717, 1.165) is 25.0 Å². The van der Waals surface area contributed by atoms with Crippen molar-refractivity contribution in [2.45, 2.75) is 38.1 Å². The largest absolute Gasteiger partial charge is 0.370 e. The molecule has 2 aliphatic heterocycles. The average molecular weight is 236 g/mol. The topological polar surface area (TPSA) is 44.9 Å². The zero-order chi connectivity index (χ0) is 11.7. The third kappa shape index (κ3) is 2.41. The van der Waals surface area contributed by atoms with Gasteiger partial charge in [0.15, 0.2) is 5.96 Å². The summed E-state index contributed by atoms with van der Waals surface area (Å²) in [5.41, 5.74) is 5.88. The first-order chi connectivity index (χ1) is 8.33. The third-order valence-electron chi connectivity index (χ3n) is 4.57. The number of nitrogens with two attached hydrogens (primary N) is 1. The zero-order valence-corrected chi connectivity index (χ0v) is 10.6. The average Bonchev–Trinajstić information content (AvgIpc) is 2.72. The lowest BCUT2D eigenvalue weighted by Crippen LogP contribution is -2.55. The second-order valence-corrected chi connectivity index (χ2v) is 5.81. The van der Waals surface area contributed by atoms with Gasteiger partial charge in [-0.25, -0.2) is 0 Å². The summed E-state index contributed by atoms with van der Waals surface area (Å²) in [6, 6.07) is 0.562. The number of aliphatic imine (C=N–C) groups is 1. The van der Waals surface area contributed by atoms with Gasteiger partial charge in [0.2, 0.25) is 0 Å². The first-order valence-corrected chi connectivity index (χ1v) is 7.12. The van der Waals surface area contributed by atoms with Crippen molar-refractivity contribution in [2.75, 3.05) is 32.7 Å². The van der Waals surface area contributed by atoms with Crippen LogP contribution in [0.4, 0.5) is 0 Å². The third-order valence-corrected chi connectivity index (χ3v) is 4.57. The Kier molecular flexibility index (Phi) is 3.23. The van der Waals surface area contributed by atoms with Gasteiger partial charge in [0.05, 0.1) is 12.6 Å². The zero-order valence-electron chi connectivity index (χ0n) is 10.6. The van der Waals surface area contributed by atoms with Crippen LogP contribution in [0.5, 0.6) is 0 Å². The van der Waals surface area contributed by atoms with E-state index >= 15 is 0 Å². The van der Waals surface area contributed by atoms with Crippen LogP contribution in [0.2, 0.25) is 0 Å². The minimum absolute atomic E-state index is 0.562. The van der Waals surface area contributed by atoms with E-state index in [1.165, 1.54) is 51.7 Å². The highest BCUT2D eigenvalue weighted by Crippen LogP contribution is 2.25. The van der Waals surface area contributed by atoms with E-state index in [1.54, 1.807) is 0 Å². The van der Waals surface area contributed by atoms with Crippen LogP contribution in [0.25, 0.3) is 0 Å². The van der Waals surface area contributed by atoms with Crippen LogP contribution >= 0.6 is 0 Å². The number of rotatable bonds is 2. The highest BCUT2D eigenvalue weighted by atomic mass is 15.4. The molecule has 0 radical (unpaired) electrons. The first kappa shape index (κ1) is 11.3. The number of hydrogen-bond donors (Lipinski definition) is 1. The molecule has 0 aromatic heterocycles. The summed E-state index contributed by atoms with van der Waals surface area (Å²) in [6.07, 6.45) is 7.25. The van der Waals surface area contributed by atoms with E-state index in [-0.39, 0.29) is 0 Å². The van der Waals surface area contributed by atoms with E-state index in [9.17, 15) is 0 Å². The van der Waals surface area contributed by atoms with Crippen LogP contribution in [0.15, 0.2) is 4.99 Å². The standard InChI is InChI=1S/C13H24N4/c14-13-15-8-12-10-16(6-7-17(12)13)9-11-4-2-1-3-5-11/h11-12H,1-10H2,(H2,14,15). The molecule has 96 valence electrons. The molecule has 2 heterocycles. The number of guanidine groups is 1. The lowest BCUT2D eigenvalue weighted by Gasteiger charge is -2.40. The summed E-state index contributed by atoms with van der Waals surface area (Å²) in [5.74, 6) is 1.72. The molecule has 2 fully saturated rings. The van der Waals surface area contributed by atoms with Crippen molar-refractivity contribution in [2.24, 2.45) is 16.6 Å². The van der Waals surface area contributed by atoms with E-state index in [0.29, 0.717) is 6.04 Å². The van der Waals surface area contributed by atoms with Crippen LogP contribution in [0.1, 0.15) is 32.1 Å². The molecule has 0 amide bonds. The smallest absolute Gasteiger partial charge is 0.191 e. The van der Waals surface area contributed by atoms with Gasteiger partial charge in [0, 0.05) is 26.2 Å². The molecular formula is C13H24N4. The van der Waals surface area contributed by atoms with Crippen molar-refractivity contribution >= 4 is 5.96 Å². The molecule has 1 unspecified atom stereocenters. The highest BCUT2D eigenvalue weighted by molar-refractivity contribution is 5.80. The Labute approximate surface area is 104 Å². The Hall–Kier alpha value is -0.770. The highest BCUT2D eigenvalue weighted by Gasteiger charge is 2.32. The quantitative estimate of drug-likeness (QED) is 0.774. The summed E-state index contributed by atoms with van der Waals surface area (Å²) in [4.78, 5) is 9.29. The van der Waals surface area contributed by atoms with Crippen molar-refractivity contribution in [3.63, 3.8) is 0 Å². The van der Waals surface area contributed by atoms with E-state index in [1.807, 2.05) is 0 Å². The molecule has 0 aromatic rings. The summed E-state index contributed by atoms with van der Waals surface area (Å²) in [7, 11) is 0. The summed E-state index contributed by atoms with van der Waals surface area (Å²) >= 11 is 0. The molecule has 3 rings (SSSR count). The number of fused-ring (bicyclic) bond motifs is 1. The van der Waals surface area contributed by atoms with Gasteiger partial charge < -0.3 is 10.6 Å². The van der Waals surface area contributed by atoms with Crippen molar-refractivity contribution in [1.29, 1.82) is 0 Å². The van der Waals surface area contributed by atoms with Crippen molar-refractivity contribution < 1.29 is 0 Å². The van der Waals surface area contributed by atoms with E-state index < -0.39 is 0 Å². The molecule has 4 nitrogen and oxygen atoms in total. The second kappa shape index (κ2) is 4.84. The predicted octanol–water partition coefficient (Wildman–Crippen LogP) is 0.881. The Morgan fingerprint density at radius 1 is 1.18 bits per heavy atom. The number of piperazine rings is 1. The lowest BCUT2D eigenvalue weighted by molar-refractivity contribution is 0.114. The monoisotopic (exact) mass is 236 g/mol. The van der Waals surface area contributed by atoms with Crippen LogP contribution in [-0.2, 0) is 0 Å². The predicted molar refractivity (Wildman–Crippen MR) is 70.0 cm³/mol. The van der Waals surface area contributed by atoms with Crippen LogP contribution in [-0.4, -0.2) is 54.5 Å². The van der Waals surface area contributed by atoms with Crippen molar-refractivity contribution in [1.82, 2.24) is 9.80 Å². The molecule has 2 N–H and O–H groups in total. The minimum Gasteiger partial charge on any atom is -0.370 e. The van der Waals surface area contributed by atoms with E-state index in [2.05, 4.69) is 14.8 Å². The molecule has 17 heavy (non-hydrogen) atoms. The summed E-state index contributed by atoms with van der Waals surface area (Å²) in [5, 5.41) is 0. The summed E-state index contributed by atoms with van der Waals surface area (Å²) in [6.45, 7) is 5.63. The molecule has 0 aromatic carbocycles. The molecule has 1 saturated carbocycles. The van der Waals surface area contributed by atoms with Crippen LogP contribution in [0, 0.1) is 5.92 Å². The van der Waals surface area contributed by atoms with Gasteiger partial charge in [-0.1, -0.05) is 19.3 Å². The van der Waals surface area contributed by atoms with Crippen LogP contribution < -0.4 is 5.73 Å². The molecule has 4 heteroatoms. The Balaban J connectivity index is 1.50. The first-order valence-electron chi connectivity index (χ1n) is 7.12. The van der Waals surface area contributed by atoms with Gasteiger partial charge in [-0.15, -0.1) is 0 Å². The molecule has 1 aliphatic carbocycles. The molecule has 1 atom stereocenters. The summed E-state index contributed by atoms with van der Waals surface area (Å²) < 4.78 is 0. The Bertz CT molecular complexity index is 294. The minimum atomic E-state index is 0.562. The van der Waals surface area contributed by atoms with Gasteiger partial charge in [-0.2, -0.15) is 0 Å². The van der Waals surface area contributed by atoms with Gasteiger partial charge in [-0.05, 0) is 18.8 Å². The maximum Gasteiger partial charge on any atom is 0.191 e.